The van der Waals surface area contributed by atoms with Crippen LogP contribution in [-0.2, 0) is 11.2 Å². The molecule has 1 fully saturated rings. The standard InChI is InChI=1S/C17H21ClN2O/c18-16-8-6-15(7-9-16)14-17(21)19-10-2-5-13-20-11-3-1-4-12-20/h6-9H,1,3-4,10-14H2,(H,19,21). The summed E-state index contributed by atoms with van der Waals surface area (Å²) in [5.74, 6) is 6.13. The van der Waals surface area contributed by atoms with Gasteiger partial charge in [-0.2, -0.15) is 0 Å². The summed E-state index contributed by atoms with van der Waals surface area (Å²) in [5, 5.41) is 3.50. The first-order valence-corrected chi connectivity index (χ1v) is 7.81. The summed E-state index contributed by atoms with van der Waals surface area (Å²) < 4.78 is 0. The number of piperidine rings is 1. The maximum absolute atomic E-state index is 11.7. The molecule has 2 rings (SSSR count). The van der Waals surface area contributed by atoms with Gasteiger partial charge in [0.05, 0.1) is 19.5 Å². The van der Waals surface area contributed by atoms with Crippen molar-refractivity contribution in [2.45, 2.75) is 25.7 Å². The zero-order chi connectivity index (χ0) is 14.9. The van der Waals surface area contributed by atoms with Gasteiger partial charge in [-0.15, -0.1) is 0 Å². The summed E-state index contributed by atoms with van der Waals surface area (Å²) in [7, 11) is 0. The summed E-state index contributed by atoms with van der Waals surface area (Å²) in [6.45, 7) is 3.53. The third kappa shape index (κ3) is 6.20. The molecule has 0 spiro atoms. The van der Waals surface area contributed by atoms with Crippen molar-refractivity contribution in [1.29, 1.82) is 0 Å². The Morgan fingerprint density at radius 2 is 1.86 bits per heavy atom. The van der Waals surface area contributed by atoms with E-state index in [-0.39, 0.29) is 5.91 Å². The van der Waals surface area contributed by atoms with Crippen molar-refractivity contribution in [2.24, 2.45) is 0 Å². The fourth-order valence-electron chi connectivity index (χ4n) is 2.34. The van der Waals surface area contributed by atoms with Gasteiger partial charge in [-0.3, -0.25) is 9.69 Å². The van der Waals surface area contributed by atoms with Gasteiger partial charge in [-0.25, -0.2) is 0 Å². The topological polar surface area (TPSA) is 32.3 Å². The summed E-state index contributed by atoms with van der Waals surface area (Å²) in [4.78, 5) is 14.1. The van der Waals surface area contributed by atoms with Crippen molar-refractivity contribution >= 4 is 17.5 Å². The molecule has 0 aromatic heterocycles. The van der Waals surface area contributed by atoms with Crippen LogP contribution >= 0.6 is 11.6 Å². The second kappa shape index (κ2) is 8.71. The second-order valence-electron chi connectivity index (χ2n) is 5.27. The normalized spacial score (nSPS) is 15.1. The van der Waals surface area contributed by atoms with Crippen molar-refractivity contribution in [3.05, 3.63) is 34.9 Å². The highest BCUT2D eigenvalue weighted by Gasteiger charge is 2.07. The van der Waals surface area contributed by atoms with E-state index >= 15 is 0 Å². The third-order valence-electron chi connectivity index (χ3n) is 3.53. The highest BCUT2D eigenvalue weighted by atomic mass is 35.5. The van der Waals surface area contributed by atoms with E-state index in [4.69, 9.17) is 11.6 Å². The lowest BCUT2D eigenvalue weighted by molar-refractivity contribution is -0.120. The van der Waals surface area contributed by atoms with Gasteiger partial charge in [0, 0.05) is 5.02 Å². The first kappa shape index (κ1) is 15.9. The fourth-order valence-corrected chi connectivity index (χ4v) is 2.47. The van der Waals surface area contributed by atoms with Crippen LogP contribution in [0.25, 0.3) is 0 Å². The molecule has 112 valence electrons. The number of rotatable bonds is 4. The van der Waals surface area contributed by atoms with Crippen molar-refractivity contribution in [3.63, 3.8) is 0 Å². The number of carbonyl (C=O) groups excluding carboxylic acids is 1. The molecule has 1 saturated heterocycles. The predicted octanol–water partition coefficient (Wildman–Crippen LogP) is 2.49. The number of nitrogens with zero attached hydrogens (tertiary/aromatic N) is 1. The van der Waals surface area contributed by atoms with Crippen LogP contribution in [0.5, 0.6) is 0 Å². The molecule has 0 unspecified atom stereocenters. The van der Waals surface area contributed by atoms with Gasteiger partial charge >= 0.3 is 0 Å². The molecular formula is C17H21ClN2O. The zero-order valence-corrected chi connectivity index (χ0v) is 13.0. The van der Waals surface area contributed by atoms with E-state index in [2.05, 4.69) is 22.1 Å². The minimum absolute atomic E-state index is 0.00963. The number of benzene rings is 1. The molecule has 1 aromatic carbocycles. The first-order valence-electron chi connectivity index (χ1n) is 7.43. The van der Waals surface area contributed by atoms with E-state index in [0.717, 1.165) is 25.2 Å². The maximum atomic E-state index is 11.7. The van der Waals surface area contributed by atoms with E-state index in [0.29, 0.717) is 18.0 Å². The Labute approximate surface area is 131 Å². The van der Waals surface area contributed by atoms with Crippen LogP contribution in [0.4, 0.5) is 0 Å². The third-order valence-corrected chi connectivity index (χ3v) is 3.78. The van der Waals surface area contributed by atoms with Crippen LogP contribution in [0, 0.1) is 11.8 Å². The molecule has 1 N–H and O–H groups in total. The number of nitrogens with one attached hydrogen (secondary N) is 1. The second-order valence-corrected chi connectivity index (χ2v) is 5.71. The van der Waals surface area contributed by atoms with Crippen molar-refractivity contribution in [1.82, 2.24) is 10.2 Å². The Morgan fingerprint density at radius 1 is 1.14 bits per heavy atom. The van der Waals surface area contributed by atoms with Crippen molar-refractivity contribution < 1.29 is 4.79 Å². The summed E-state index contributed by atoms with van der Waals surface area (Å²) in [5.41, 5.74) is 0.957. The SMILES string of the molecule is O=C(Cc1ccc(Cl)cc1)NCC#CCN1CCCCC1. The van der Waals surface area contributed by atoms with Crippen LogP contribution < -0.4 is 5.32 Å². The molecular weight excluding hydrogens is 284 g/mol. The minimum Gasteiger partial charge on any atom is -0.345 e. The molecule has 21 heavy (non-hydrogen) atoms. The molecule has 1 amide bonds. The zero-order valence-electron chi connectivity index (χ0n) is 12.2. The molecule has 0 atom stereocenters. The van der Waals surface area contributed by atoms with Gasteiger partial charge in [0.15, 0.2) is 0 Å². The summed E-state index contributed by atoms with van der Waals surface area (Å²) in [6.07, 6.45) is 4.26. The van der Waals surface area contributed by atoms with Crippen LogP contribution in [0.3, 0.4) is 0 Å². The molecule has 1 aromatic rings. The van der Waals surface area contributed by atoms with E-state index in [1.165, 1.54) is 19.3 Å². The van der Waals surface area contributed by atoms with Crippen molar-refractivity contribution in [2.75, 3.05) is 26.2 Å². The molecule has 0 bridgehead atoms. The quantitative estimate of drug-likeness (QED) is 0.867. The van der Waals surface area contributed by atoms with Gasteiger partial charge in [0.25, 0.3) is 0 Å². The number of halogens is 1. The van der Waals surface area contributed by atoms with E-state index in [1.54, 1.807) is 12.1 Å². The lowest BCUT2D eigenvalue weighted by Gasteiger charge is -2.23. The Morgan fingerprint density at radius 3 is 2.57 bits per heavy atom. The van der Waals surface area contributed by atoms with Crippen LogP contribution in [0.2, 0.25) is 5.02 Å². The number of likely N-dealkylation sites (tertiary alicyclic amines) is 1. The largest absolute Gasteiger partial charge is 0.345 e. The molecule has 0 radical (unpaired) electrons. The monoisotopic (exact) mass is 304 g/mol. The van der Waals surface area contributed by atoms with Gasteiger partial charge in [0.2, 0.25) is 5.91 Å². The molecule has 1 heterocycles. The average Bonchev–Trinajstić information content (AvgIpc) is 2.50. The number of hydrogen-bond donors (Lipinski definition) is 1. The molecule has 1 aliphatic rings. The molecule has 4 heteroatoms. The van der Waals surface area contributed by atoms with Gasteiger partial charge in [-0.1, -0.05) is 42.0 Å². The number of hydrogen-bond acceptors (Lipinski definition) is 2. The summed E-state index contributed by atoms with van der Waals surface area (Å²) >= 11 is 5.81. The van der Waals surface area contributed by atoms with Gasteiger partial charge in [0.1, 0.15) is 0 Å². The lowest BCUT2D eigenvalue weighted by Crippen LogP contribution is -2.30. The smallest absolute Gasteiger partial charge is 0.225 e. The predicted molar refractivity (Wildman–Crippen MR) is 86.2 cm³/mol. The van der Waals surface area contributed by atoms with Crippen LogP contribution in [-0.4, -0.2) is 37.0 Å². The Kier molecular flexibility index (Phi) is 6.59. The lowest BCUT2D eigenvalue weighted by atomic mass is 10.1. The summed E-state index contributed by atoms with van der Waals surface area (Å²) in [6, 6.07) is 7.32. The van der Waals surface area contributed by atoms with Crippen molar-refractivity contribution in [3.8, 4) is 11.8 Å². The van der Waals surface area contributed by atoms with Crippen LogP contribution in [0.1, 0.15) is 24.8 Å². The van der Waals surface area contributed by atoms with E-state index in [9.17, 15) is 4.79 Å². The highest BCUT2D eigenvalue weighted by Crippen LogP contribution is 2.09. The molecule has 1 aliphatic heterocycles. The molecule has 0 saturated carbocycles. The Balaban J connectivity index is 1.63. The Hall–Kier alpha value is -1.50. The fraction of sp³-hybridized carbons (Fsp3) is 0.471. The van der Waals surface area contributed by atoms with Gasteiger partial charge in [-0.05, 0) is 43.6 Å². The van der Waals surface area contributed by atoms with E-state index < -0.39 is 0 Å². The maximum Gasteiger partial charge on any atom is 0.225 e. The molecule has 3 nitrogen and oxygen atoms in total. The average molecular weight is 305 g/mol. The minimum atomic E-state index is -0.00963. The highest BCUT2D eigenvalue weighted by molar-refractivity contribution is 6.30. The number of amides is 1. The van der Waals surface area contributed by atoms with Gasteiger partial charge < -0.3 is 5.32 Å². The van der Waals surface area contributed by atoms with Crippen LogP contribution in [0.15, 0.2) is 24.3 Å². The number of carbonyl (C=O) groups is 1. The first-order chi connectivity index (χ1) is 10.2. The molecule has 0 aliphatic carbocycles. The van der Waals surface area contributed by atoms with E-state index in [1.807, 2.05) is 12.1 Å². The Bertz CT molecular complexity index is 510.